The zero-order valence-electron chi connectivity index (χ0n) is 16.4. The molecule has 3 heterocycles. The Morgan fingerprint density at radius 3 is 2.75 bits per heavy atom. The molecule has 0 unspecified atom stereocenters. The molecule has 144 valence electrons. The molecule has 4 rings (SSSR count). The Balaban J connectivity index is 1.98. The van der Waals surface area contributed by atoms with Crippen LogP contribution in [0.3, 0.4) is 0 Å². The number of hydrogen-bond donors (Lipinski definition) is 0. The number of rotatable bonds is 5. The summed E-state index contributed by atoms with van der Waals surface area (Å²) in [4.78, 5) is 19.2. The van der Waals surface area contributed by atoms with Crippen molar-refractivity contribution < 1.29 is 9.53 Å². The maximum atomic E-state index is 12.0. The molecule has 1 aliphatic heterocycles. The molecule has 2 aromatic heterocycles. The molecule has 0 aliphatic carbocycles. The van der Waals surface area contributed by atoms with Crippen molar-refractivity contribution >= 4 is 28.5 Å². The van der Waals surface area contributed by atoms with Crippen LogP contribution in [0, 0.1) is 18.3 Å². The molecule has 0 radical (unpaired) electrons. The van der Waals surface area contributed by atoms with E-state index in [9.17, 15) is 10.1 Å². The SMILES string of the molecule is CCOC(=O)CCc1c(C)c(C#N)c2nc3ccccc3n2c1N1CCCC1. The summed E-state index contributed by atoms with van der Waals surface area (Å²) < 4.78 is 7.25. The highest BCUT2D eigenvalue weighted by atomic mass is 16.5. The molecule has 0 amide bonds. The molecule has 3 aromatic rings. The van der Waals surface area contributed by atoms with Crippen LogP contribution in [-0.4, -0.2) is 35.1 Å². The quantitative estimate of drug-likeness (QED) is 0.634. The van der Waals surface area contributed by atoms with Gasteiger partial charge in [-0.3, -0.25) is 9.20 Å². The Bertz CT molecular complexity index is 1090. The van der Waals surface area contributed by atoms with E-state index in [4.69, 9.17) is 9.72 Å². The number of aromatic nitrogens is 2. The Kier molecular flexibility index (Phi) is 4.91. The van der Waals surface area contributed by atoms with Crippen molar-refractivity contribution in [1.82, 2.24) is 9.38 Å². The third kappa shape index (κ3) is 2.97. The van der Waals surface area contributed by atoms with Crippen LogP contribution in [0.2, 0.25) is 0 Å². The average molecular weight is 376 g/mol. The highest BCUT2D eigenvalue weighted by Gasteiger charge is 2.26. The second kappa shape index (κ2) is 7.51. The molecule has 0 bridgehead atoms. The van der Waals surface area contributed by atoms with Gasteiger partial charge in [0.25, 0.3) is 0 Å². The van der Waals surface area contributed by atoms with Gasteiger partial charge in [-0.1, -0.05) is 12.1 Å². The van der Waals surface area contributed by atoms with Crippen molar-refractivity contribution in [2.75, 3.05) is 24.6 Å². The second-order valence-electron chi connectivity index (χ2n) is 7.17. The van der Waals surface area contributed by atoms with Crippen molar-refractivity contribution in [3.8, 4) is 6.07 Å². The third-order valence-electron chi connectivity index (χ3n) is 5.50. The molecule has 1 saturated heterocycles. The van der Waals surface area contributed by atoms with Crippen molar-refractivity contribution in [1.29, 1.82) is 5.26 Å². The summed E-state index contributed by atoms with van der Waals surface area (Å²) in [5.74, 6) is 0.866. The van der Waals surface area contributed by atoms with Gasteiger partial charge in [0.05, 0.1) is 23.2 Å². The van der Waals surface area contributed by atoms with Crippen molar-refractivity contribution in [3.63, 3.8) is 0 Å². The van der Waals surface area contributed by atoms with Gasteiger partial charge in [0.1, 0.15) is 11.9 Å². The number of nitrogens with zero attached hydrogens (tertiary/aromatic N) is 4. The summed E-state index contributed by atoms with van der Waals surface area (Å²) in [6.07, 6.45) is 3.14. The second-order valence-corrected chi connectivity index (χ2v) is 7.17. The standard InChI is InChI=1S/C22H24N4O2/c1-3-28-20(27)11-10-16-15(2)17(14-23)21-24-18-8-4-5-9-19(18)26(21)22(16)25-12-6-7-13-25/h4-5,8-9H,3,6-7,10-13H2,1-2H3. The highest BCUT2D eigenvalue weighted by Crippen LogP contribution is 2.35. The lowest BCUT2D eigenvalue weighted by atomic mass is 10.00. The minimum absolute atomic E-state index is 0.205. The van der Waals surface area contributed by atoms with Crippen LogP contribution in [-0.2, 0) is 16.0 Å². The number of carbonyl (C=O) groups is 1. The molecule has 28 heavy (non-hydrogen) atoms. The molecule has 0 atom stereocenters. The lowest BCUT2D eigenvalue weighted by molar-refractivity contribution is -0.143. The Morgan fingerprint density at radius 2 is 2.04 bits per heavy atom. The lowest BCUT2D eigenvalue weighted by Crippen LogP contribution is -2.24. The van der Waals surface area contributed by atoms with E-state index in [-0.39, 0.29) is 5.97 Å². The van der Waals surface area contributed by atoms with Gasteiger partial charge in [0.15, 0.2) is 5.65 Å². The Morgan fingerprint density at radius 1 is 1.29 bits per heavy atom. The fourth-order valence-corrected chi connectivity index (χ4v) is 4.18. The molecule has 6 heteroatoms. The number of fused-ring (bicyclic) bond motifs is 3. The number of carbonyl (C=O) groups excluding carboxylic acids is 1. The van der Waals surface area contributed by atoms with Crippen LogP contribution in [0.15, 0.2) is 24.3 Å². The number of ether oxygens (including phenoxy) is 1. The van der Waals surface area contributed by atoms with E-state index in [1.807, 2.05) is 38.1 Å². The van der Waals surface area contributed by atoms with E-state index >= 15 is 0 Å². The first-order valence-electron chi connectivity index (χ1n) is 9.89. The van der Waals surface area contributed by atoms with Crippen molar-refractivity contribution in [2.45, 2.75) is 39.5 Å². The van der Waals surface area contributed by atoms with Gasteiger partial charge in [-0.25, -0.2) is 4.98 Å². The summed E-state index contributed by atoms with van der Waals surface area (Å²) in [5.41, 5.74) is 5.11. The van der Waals surface area contributed by atoms with Gasteiger partial charge in [-0.15, -0.1) is 0 Å². The van der Waals surface area contributed by atoms with Crippen LogP contribution in [0.5, 0.6) is 0 Å². The van der Waals surface area contributed by atoms with Gasteiger partial charge in [0, 0.05) is 19.5 Å². The predicted octanol–water partition coefficient (Wildman–Crippen LogP) is 3.76. The normalized spacial score (nSPS) is 14.0. The molecule has 0 N–H and O–H groups in total. The first-order valence-corrected chi connectivity index (χ1v) is 9.89. The first kappa shape index (κ1) is 18.3. The van der Waals surface area contributed by atoms with Gasteiger partial charge >= 0.3 is 5.97 Å². The Hall–Kier alpha value is -3.07. The average Bonchev–Trinajstić information content (AvgIpc) is 3.34. The number of imidazole rings is 1. The fraction of sp³-hybridized carbons (Fsp3) is 0.409. The largest absolute Gasteiger partial charge is 0.466 e. The summed E-state index contributed by atoms with van der Waals surface area (Å²) in [5, 5.41) is 9.88. The maximum Gasteiger partial charge on any atom is 0.306 e. The van der Waals surface area contributed by atoms with Crippen LogP contribution >= 0.6 is 0 Å². The summed E-state index contributed by atoms with van der Waals surface area (Å²) in [7, 11) is 0. The van der Waals surface area contributed by atoms with Crippen LogP contribution in [0.4, 0.5) is 5.82 Å². The van der Waals surface area contributed by atoms with Crippen molar-refractivity contribution in [3.05, 3.63) is 41.0 Å². The zero-order chi connectivity index (χ0) is 19.7. The number of anilines is 1. The molecular formula is C22H24N4O2. The number of hydrogen-bond acceptors (Lipinski definition) is 5. The molecule has 1 aliphatic rings. The minimum atomic E-state index is -0.205. The van der Waals surface area contributed by atoms with Crippen LogP contribution < -0.4 is 4.90 Å². The first-order chi connectivity index (χ1) is 13.7. The molecule has 1 fully saturated rings. The highest BCUT2D eigenvalue weighted by molar-refractivity contribution is 5.86. The van der Waals surface area contributed by atoms with Crippen LogP contribution in [0.25, 0.3) is 16.7 Å². The van der Waals surface area contributed by atoms with E-state index < -0.39 is 0 Å². The van der Waals surface area contributed by atoms with Crippen molar-refractivity contribution in [2.24, 2.45) is 0 Å². The summed E-state index contributed by atoms with van der Waals surface area (Å²) in [6.45, 7) is 6.11. The topological polar surface area (TPSA) is 70.6 Å². The fourth-order valence-electron chi connectivity index (χ4n) is 4.18. The van der Waals surface area contributed by atoms with Crippen LogP contribution in [0.1, 0.15) is 42.9 Å². The minimum Gasteiger partial charge on any atom is -0.466 e. The van der Waals surface area contributed by atoms with Gasteiger partial charge in [0.2, 0.25) is 0 Å². The predicted molar refractivity (Wildman–Crippen MR) is 109 cm³/mol. The number of esters is 1. The molecule has 1 aromatic carbocycles. The van der Waals surface area contributed by atoms with E-state index in [0.717, 1.165) is 53.9 Å². The molecule has 0 saturated carbocycles. The maximum absolute atomic E-state index is 12.0. The number of para-hydroxylation sites is 2. The Labute approximate surface area is 164 Å². The molecule has 6 nitrogen and oxygen atoms in total. The summed E-state index contributed by atoms with van der Waals surface area (Å²) in [6, 6.07) is 10.3. The van der Waals surface area contributed by atoms with E-state index in [0.29, 0.717) is 30.7 Å². The zero-order valence-corrected chi connectivity index (χ0v) is 16.4. The smallest absolute Gasteiger partial charge is 0.306 e. The van der Waals surface area contributed by atoms with Gasteiger partial charge in [-0.05, 0) is 56.4 Å². The lowest BCUT2D eigenvalue weighted by Gasteiger charge is -2.25. The van der Waals surface area contributed by atoms with E-state index in [1.165, 1.54) is 0 Å². The summed E-state index contributed by atoms with van der Waals surface area (Å²) >= 11 is 0. The third-order valence-corrected chi connectivity index (χ3v) is 5.50. The molecule has 0 spiro atoms. The number of benzene rings is 1. The number of pyridine rings is 1. The van der Waals surface area contributed by atoms with E-state index in [1.54, 1.807) is 0 Å². The monoisotopic (exact) mass is 376 g/mol. The number of nitriles is 1. The van der Waals surface area contributed by atoms with Gasteiger partial charge < -0.3 is 9.64 Å². The van der Waals surface area contributed by atoms with E-state index in [2.05, 4.69) is 15.4 Å². The van der Waals surface area contributed by atoms with Gasteiger partial charge in [-0.2, -0.15) is 5.26 Å². The molecular weight excluding hydrogens is 352 g/mol.